The molecule has 0 aliphatic rings. The smallest absolute Gasteiger partial charge is 0.164 e. The number of benzene rings is 10. The van der Waals surface area contributed by atoms with E-state index in [0.29, 0.717) is 17.5 Å². The molecular weight excluding hydrogens is 703 g/mol. The van der Waals surface area contributed by atoms with Gasteiger partial charge in [-0.15, -0.1) is 0 Å². The third-order valence-electron chi connectivity index (χ3n) is 11.8. The van der Waals surface area contributed by atoms with Crippen LogP contribution in [0.4, 0.5) is 0 Å². The van der Waals surface area contributed by atoms with Crippen molar-refractivity contribution in [2.75, 3.05) is 0 Å². The van der Waals surface area contributed by atoms with Gasteiger partial charge in [-0.05, 0) is 99.0 Å². The molecule has 0 amide bonds. The van der Waals surface area contributed by atoms with Gasteiger partial charge in [0.2, 0.25) is 0 Å². The van der Waals surface area contributed by atoms with E-state index in [2.05, 4.69) is 140 Å². The van der Waals surface area contributed by atoms with E-state index < -0.39 is 0 Å². The van der Waals surface area contributed by atoms with Crippen molar-refractivity contribution >= 4 is 64.6 Å². The second-order valence-electron chi connectivity index (χ2n) is 15.2. The van der Waals surface area contributed by atoms with Crippen LogP contribution in [0.1, 0.15) is 0 Å². The van der Waals surface area contributed by atoms with Gasteiger partial charge in [0.1, 0.15) is 0 Å². The van der Waals surface area contributed by atoms with E-state index in [4.69, 9.17) is 15.0 Å². The highest BCUT2D eigenvalue weighted by Crippen LogP contribution is 2.44. The predicted molar refractivity (Wildman–Crippen MR) is 243 cm³/mol. The summed E-state index contributed by atoms with van der Waals surface area (Å²) in [6, 6.07) is 72.0. The van der Waals surface area contributed by atoms with Crippen LogP contribution in [0.2, 0.25) is 0 Å². The monoisotopic (exact) mass is 735 g/mol. The third-order valence-corrected chi connectivity index (χ3v) is 11.8. The Kier molecular flexibility index (Phi) is 7.23. The minimum absolute atomic E-state index is 0.650. The molecule has 11 aromatic carbocycles. The van der Waals surface area contributed by atoms with Crippen molar-refractivity contribution in [3.63, 3.8) is 0 Å². The van der Waals surface area contributed by atoms with E-state index in [1.54, 1.807) is 0 Å². The molecule has 1 heterocycles. The first-order valence-corrected chi connectivity index (χ1v) is 19.8. The topological polar surface area (TPSA) is 38.7 Å². The summed E-state index contributed by atoms with van der Waals surface area (Å²) in [5, 5.41) is 15.5. The first kappa shape index (κ1) is 32.5. The summed E-state index contributed by atoms with van der Waals surface area (Å²) < 4.78 is 0. The average Bonchev–Trinajstić information content (AvgIpc) is 3.30. The van der Waals surface area contributed by atoms with Crippen LogP contribution in [-0.2, 0) is 0 Å². The van der Waals surface area contributed by atoms with Crippen LogP contribution in [0.5, 0.6) is 0 Å². The highest BCUT2D eigenvalue weighted by molar-refractivity contribution is 6.37. The zero-order valence-corrected chi connectivity index (χ0v) is 31.4. The molecule has 0 saturated heterocycles. The van der Waals surface area contributed by atoms with Crippen LogP contribution >= 0.6 is 0 Å². The van der Waals surface area contributed by atoms with Crippen molar-refractivity contribution < 1.29 is 0 Å². The maximum atomic E-state index is 4.93. The number of aromatic nitrogens is 3. The second kappa shape index (κ2) is 12.9. The minimum Gasteiger partial charge on any atom is -0.208 e. The quantitative estimate of drug-likeness (QED) is 0.165. The van der Waals surface area contributed by atoms with Crippen LogP contribution < -0.4 is 0 Å². The molecule has 0 atom stereocenters. The third kappa shape index (κ3) is 5.18. The number of nitrogens with zero attached hydrogens (tertiary/aromatic N) is 3. The summed E-state index contributed by atoms with van der Waals surface area (Å²) in [6.45, 7) is 0. The first-order valence-electron chi connectivity index (χ1n) is 19.8. The summed E-state index contributed by atoms with van der Waals surface area (Å²) >= 11 is 0. The lowest BCUT2D eigenvalue weighted by Gasteiger charge is -2.17. The molecule has 12 aromatic rings. The van der Waals surface area contributed by atoms with Gasteiger partial charge in [-0.2, -0.15) is 0 Å². The van der Waals surface area contributed by atoms with Gasteiger partial charge in [0.05, 0.1) is 0 Å². The van der Waals surface area contributed by atoms with Crippen molar-refractivity contribution in [1.82, 2.24) is 15.0 Å². The first-order chi connectivity index (χ1) is 28.7. The average molecular weight is 736 g/mol. The summed E-state index contributed by atoms with van der Waals surface area (Å²) in [4.78, 5) is 14.7. The Bertz CT molecular complexity index is 3460. The fraction of sp³-hybridized carbons (Fsp3) is 0. The molecule has 3 heteroatoms. The molecule has 12 rings (SSSR count). The molecule has 0 aliphatic carbocycles. The summed E-state index contributed by atoms with van der Waals surface area (Å²) in [6.07, 6.45) is 0. The standard InChI is InChI=1S/C55H33N3/c1-3-10-40(11-4-1)53-56-54(41-12-5-2-6-13-41)58-55(57-53)42-29-24-35(25-30-42)34-20-22-36(23-21-34)44-32-43-31-28-39-15-8-18-46-45-17-7-14-37-26-27-38-16-9-19-47(51(38)49(37)45)48(33-44)52(43)50(39)46/h1-33H. The van der Waals surface area contributed by atoms with Crippen LogP contribution in [0.25, 0.3) is 121 Å². The maximum Gasteiger partial charge on any atom is 0.164 e. The Balaban J connectivity index is 0.966. The molecular formula is C55H33N3. The number of hydrogen-bond donors (Lipinski definition) is 0. The molecule has 0 unspecified atom stereocenters. The van der Waals surface area contributed by atoms with Crippen LogP contribution in [0.15, 0.2) is 200 Å². The normalized spacial score (nSPS) is 11.8. The second-order valence-corrected chi connectivity index (χ2v) is 15.2. The van der Waals surface area contributed by atoms with Crippen molar-refractivity contribution in [3.05, 3.63) is 200 Å². The van der Waals surface area contributed by atoms with Crippen molar-refractivity contribution in [1.29, 1.82) is 0 Å². The summed E-state index contributed by atoms with van der Waals surface area (Å²) in [7, 11) is 0. The molecule has 268 valence electrons. The van der Waals surface area contributed by atoms with Crippen LogP contribution in [0, 0.1) is 0 Å². The molecule has 3 nitrogen and oxygen atoms in total. The van der Waals surface area contributed by atoms with Gasteiger partial charge in [-0.1, -0.05) is 188 Å². The lowest BCUT2D eigenvalue weighted by molar-refractivity contribution is 1.07. The van der Waals surface area contributed by atoms with Gasteiger partial charge in [-0.25, -0.2) is 15.0 Å². The summed E-state index contributed by atoms with van der Waals surface area (Å²) in [5.74, 6) is 1.97. The van der Waals surface area contributed by atoms with Gasteiger partial charge >= 0.3 is 0 Å². The van der Waals surface area contributed by atoms with E-state index in [1.807, 2.05) is 60.7 Å². The predicted octanol–water partition coefficient (Wildman–Crippen LogP) is 14.6. The molecule has 0 spiro atoms. The number of hydrogen-bond acceptors (Lipinski definition) is 3. The molecule has 0 saturated carbocycles. The van der Waals surface area contributed by atoms with Gasteiger partial charge in [0.15, 0.2) is 17.5 Å². The Morgan fingerprint density at radius 1 is 0.207 bits per heavy atom. The zero-order chi connectivity index (χ0) is 38.2. The van der Waals surface area contributed by atoms with Crippen molar-refractivity contribution in [2.24, 2.45) is 0 Å². The lowest BCUT2D eigenvalue weighted by atomic mass is 9.86. The Labute approximate surface area is 334 Å². The molecule has 1 aromatic heterocycles. The van der Waals surface area contributed by atoms with Crippen molar-refractivity contribution in [2.45, 2.75) is 0 Å². The zero-order valence-electron chi connectivity index (χ0n) is 31.4. The van der Waals surface area contributed by atoms with Gasteiger partial charge in [0, 0.05) is 16.7 Å². The highest BCUT2D eigenvalue weighted by atomic mass is 15.0. The summed E-state index contributed by atoms with van der Waals surface area (Å²) in [5.41, 5.74) is 7.54. The van der Waals surface area contributed by atoms with Crippen LogP contribution in [-0.4, -0.2) is 15.0 Å². The van der Waals surface area contributed by atoms with Gasteiger partial charge in [0.25, 0.3) is 0 Å². The number of rotatable bonds is 5. The van der Waals surface area contributed by atoms with E-state index in [-0.39, 0.29) is 0 Å². The molecule has 0 radical (unpaired) electrons. The van der Waals surface area contributed by atoms with E-state index >= 15 is 0 Å². The van der Waals surface area contributed by atoms with Gasteiger partial charge in [-0.3, -0.25) is 0 Å². The fourth-order valence-corrected chi connectivity index (χ4v) is 9.06. The molecule has 0 fully saturated rings. The Morgan fingerprint density at radius 2 is 0.552 bits per heavy atom. The van der Waals surface area contributed by atoms with Gasteiger partial charge < -0.3 is 0 Å². The molecule has 0 N–H and O–H groups in total. The molecule has 0 aliphatic heterocycles. The fourth-order valence-electron chi connectivity index (χ4n) is 9.06. The Hall–Kier alpha value is -7.75. The Morgan fingerprint density at radius 3 is 1.00 bits per heavy atom. The minimum atomic E-state index is 0.650. The van der Waals surface area contributed by atoms with E-state index in [0.717, 1.165) is 27.8 Å². The lowest BCUT2D eigenvalue weighted by Crippen LogP contribution is -2.00. The van der Waals surface area contributed by atoms with Crippen LogP contribution in [0.3, 0.4) is 0 Å². The highest BCUT2D eigenvalue weighted by Gasteiger charge is 2.17. The number of fused-ring (bicyclic) bond motifs is 2. The molecule has 0 bridgehead atoms. The largest absolute Gasteiger partial charge is 0.208 e. The van der Waals surface area contributed by atoms with E-state index in [9.17, 15) is 0 Å². The van der Waals surface area contributed by atoms with E-state index in [1.165, 1.54) is 75.8 Å². The molecule has 58 heavy (non-hydrogen) atoms. The SMILES string of the molecule is c1ccc(-c2nc(-c3ccccc3)nc(-c3ccc(-c4ccc(-c5cc6ccc7cccc8c9cccc%10ccc%11cccc(c(c5)c6c78)c%11c%109)cc4)cc3)n2)cc1. The van der Waals surface area contributed by atoms with Crippen molar-refractivity contribution in [3.8, 4) is 56.4 Å². The maximum absolute atomic E-state index is 4.93.